The molecule has 2 amide bonds. The first-order chi connectivity index (χ1) is 15.5. The number of nitrogens with one attached hydrogen (secondary N) is 2. The molecule has 0 radical (unpaired) electrons. The molecule has 4 rings (SSSR count). The lowest BCUT2D eigenvalue weighted by Crippen LogP contribution is -2.55. The molecule has 2 aromatic rings. The third-order valence-electron chi connectivity index (χ3n) is 5.79. The maximum Gasteiger partial charge on any atom is 0.290 e. The SMILES string of the molecule is O=C(c1n[nH]c2ccccc12)N1CCC(O)(C(=O)NCCN2CCOCC2)CC1.O=CO. The zero-order valence-corrected chi connectivity index (χ0v) is 17.8. The van der Waals surface area contributed by atoms with Gasteiger partial charge >= 0.3 is 0 Å². The molecule has 2 saturated heterocycles. The highest BCUT2D eigenvalue weighted by molar-refractivity contribution is 6.04. The summed E-state index contributed by atoms with van der Waals surface area (Å²) in [6.07, 6.45) is 0.426. The van der Waals surface area contributed by atoms with Gasteiger partial charge in [-0.1, -0.05) is 18.2 Å². The standard InChI is InChI=1S/C20H27N5O4.CH2O2/c26-18(17-15-3-1-2-4-16(15)22-23-17)25-8-5-20(28,6-9-25)19(27)21-7-10-24-11-13-29-14-12-24;2-1-3/h1-4,28H,5-14H2,(H,21,27)(H,22,23);1H,(H,2,3). The number of hydrogen-bond acceptors (Lipinski definition) is 7. The van der Waals surface area contributed by atoms with Crippen LogP contribution in [-0.4, -0.2) is 107 Å². The van der Waals surface area contributed by atoms with Crippen molar-refractivity contribution >= 4 is 29.2 Å². The minimum absolute atomic E-state index is 0.183. The number of morpholine rings is 1. The molecule has 0 saturated carbocycles. The van der Waals surface area contributed by atoms with Crippen LogP contribution in [-0.2, 0) is 14.3 Å². The molecule has 0 aliphatic carbocycles. The third-order valence-corrected chi connectivity index (χ3v) is 5.79. The van der Waals surface area contributed by atoms with Gasteiger partial charge in [-0.05, 0) is 6.07 Å². The lowest BCUT2D eigenvalue weighted by Gasteiger charge is -2.37. The lowest BCUT2D eigenvalue weighted by atomic mass is 9.90. The van der Waals surface area contributed by atoms with Crippen molar-refractivity contribution in [2.75, 3.05) is 52.5 Å². The molecule has 2 aliphatic heterocycles. The number of carbonyl (C=O) groups is 3. The summed E-state index contributed by atoms with van der Waals surface area (Å²) in [5, 5.41) is 28.3. The topological polar surface area (TPSA) is 148 Å². The second-order valence-corrected chi connectivity index (χ2v) is 7.76. The Morgan fingerprint density at radius 1 is 1.19 bits per heavy atom. The highest BCUT2D eigenvalue weighted by Crippen LogP contribution is 2.25. The number of nitrogens with zero attached hydrogens (tertiary/aromatic N) is 3. The van der Waals surface area contributed by atoms with E-state index in [2.05, 4.69) is 20.4 Å². The van der Waals surface area contributed by atoms with Gasteiger partial charge in [0, 0.05) is 57.5 Å². The average molecular weight is 447 g/mol. The van der Waals surface area contributed by atoms with Crippen molar-refractivity contribution in [3.63, 3.8) is 0 Å². The molecule has 4 N–H and O–H groups in total. The number of hydrogen-bond donors (Lipinski definition) is 4. The maximum absolute atomic E-state index is 12.8. The molecule has 0 atom stereocenters. The lowest BCUT2D eigenvalue weighted by molar-refractivity contribution is -0.144. The molecule has 0 bridgehead atoms. The van der Waals surface area contributed by atoms with Gasteiger partial charge in [-0.25, -0.2) is 0 Å². The van der Waals surface area contributed by atoms with Crippen molar-refractivity contribution in [2.24, 2.45) is 0 Å². The largest absolute Gasteiger partial charge is 0.483 e. The minimum atomic E-state index is -1.44. The van der Waals surface area contributed by atoms with Crippen LogP contribution in [0.1, 0.15) is 23.3 Å². The van der Waals surface area contributed by atoms with E-state index in [1.165, 1.54) is 0 Å². The van der Waals surface area contributed by atoms with Gasteiger partial charge in [0.05, 0.1) is 18.7 Å². The zero-order chi connectivity index (χ0) is 23.0. The van der Waals surface area contributed by atoms with E-state index >= 15 is 0 Å². The minimum Gasteiger partial charge on any atom is -0.483 e. The Balaban J connectivity index is 0.000000913. The van der Waals surface area contributed by atoms with Crippen molar-refractivity contribution in [3.05, 3.63) is 30.0 Å². The van der Waals surface area contributed by atoms with Gasteiger partial charge in [0.1, 0.15) is 5.60 Å². The van der Waals surface area contributed by atoms with Crippen LogP contribution in [0.4, 0.5) is 0 Å². The van der Waals surface area contributed by atoms with Crippen LogP contribution in [0.15, 0.2) is 24.3 Å². The van der Waals surface area contributed by atoms with Crippen LogP contribution in [0.5, 0.6) is 0 Å². The van der Waals surface area contributed by atoms with E-state index in [1.54, 1.807) is 4.90 Å². The van der Waals surface area contributed by atoms with Crippen LogP contribution in [0.2, 0.25) is 0 Å². The fourth-order valence-corrected chi connectivity index (χ4v) is 3.90. The molecule has 11 nitrogen and oxygen atoms in total. The summed E-state index contributed by atoms with van der Waals surface area (Å²) in [5.74, 6) is -0.541. The number of benzene rings is 1. The molecule has 32 heavy (non-hydrogen) atoms. The van der Waals surface area contributed by atoms with Crippen molar-refractivity contribution in [1.29, 1.82) is 0 Å². The summed E-state index contributed by atoms with van der Waals surface area (Å²) in [7, 11) is 0. The van der Waals surface area contributed by atoms with Crippen LogP contribution >= 0.6 is 0 Å². The van der Waals surface area contributed by atoms with E-state index in [0.29, 0.717) is 38.5 Å². The fourth-order valence-electron chi connectivity index (χ4n) is 3.90. The summed E-state index contributed by atoms with van der Waals surface area (Å²) in [4.78, 5) is 37.6. The number of aromatic nitrogens is 2. The number of amides is 2. The zero-order valence-electron chi connectivity index (χ0n) is 17.8. The Kier molecular flexibility index (Phi) is 8.14. The normalized spacial score (nSPS) is 18.5. The van der Waals surface area contributed by atoms with Gasteiger partial charge < -0.3 is 25.2 Å². The van der Waals surface area contributed by atoms with Gasteiger partial charge in [-0.2, -0.15) is 5.10 Å². The van der Waals surface area contributed by atoms with Crippen LogP contribution in [0, 0.1) is 0 Å². The number of para-hydroxylation sites is 1. The number of ether oxygens (including phenoxy) is 1. The molecule has 2 fully saturated rings. The number of fused-ring (bicyclic) bond motifs is 1. The summed E-state index contributed by atoms with van der Waals surface area (Å²) in [6.45, 7) is 4.75. The predicted octanol–water partition coefficient (Wildman–Crippen LogP) is -0.321. The van der Waals surface area contributed by atoms with Crippen molar-refractivity contribution < 1.29 is 29.3 Å². The molecular formula is C21H29N5O6. The summed E-state index contributed by atoms with van der Waals surface area (Å²) in [5.41, 5.74) is -0.250. The predicted molar refractivity (Wildman–Crippen MR) is 115 cm³/mol. The molecule has 0 unspecified atom stereocenters. The van der Waals surface area contributed by atoms with Gasteiger partial charge in [0.2, 0.25) is 0 Å². The van der Waals surface area contributed by atoms with E-state index in [1.807, 2.05) is 24.3 Å². The first-order valence-electron chi connectivity index (χ1n) is 10.6. The number of rotatable bonds is 5. The number of aliphatic hydroxyl groups is 1. The summed E-state index contributed by atoms with van der Waals surface area (Å²) in [6, 6.07) is 7.47. The Labute approximate surface area is 185 Å². The smallest absolute Gasteiger partial charge is 0.290 e. The van der Waals surface area contributed by atoms with Gasteiger partial charge in [0.15, 0.2) is 5.69 Å². The molecule has 11 heteroatoms. The monoisotopic (exact) mass is 447 g/mol. The quantitative estimate of drug-likeness (QED) is 0.456. The average Bonchev–Trinajstić information content (AvgIpc) is 3.24. The molecule has 1 aromatic heterocycles. The second-order valence-electron chi connectivity index (χ2n) is 7.76. The Bertz CT molecular complexity index is 918. The first-order valence-corrected chi connectivity index (χ1v) is 10.6. The number of carboxylic acid groups (broad SMARTS) is 1. The highest BCUT2D eigenvalue weighted by Gasteiger charge is 2.40. The maximum atomic E-state index is 12.8. The van der Waals surface area contributed by atoms with Crippen LogP contribution in [0.25, 0.3) is 10.9 Å². The Morgan fingerprint density at radius 3 is 2.53 bits per heavy atom. The summed E-state index contributed by atoms with van der Waals surface area (Å²) >= 11 is 0. The Hall–Kier alpha value is -3.02. The van der Waals surface area contributed by atoms with Crippen LogP contribution < -0.4 is 5.32 Å². The van der Waals surface area contributed by atoms with Crippen molar-refractivity contribution in [2.45, 2.75) is 18.4 Å². The van der Waals surface area contributed by atoms with E-state index in [-0.39, 0.29) is 31.1 Å². The van der Waals surface area contributed by atoms with Crippen molar-refractivity contribution in [1.82, 2.24) is 25.3 Å². The third kappa shape index (κ3) is 5.61. The van der Waals surface area contributed by atoms with E-state index in [9.17, 15) is 14.7 Å². The van der Waals surface area contributed by atoms with Crippen molar-refractivity contribution in [3.8, 4) is 0 Å². The summed E-state index contributed by atoms with van der Waals surface area (Å²) < 4.78 is 5.31. The van der Waals surface area contributed by atoms with E-state index in [4.69, 9.17) is 14.6 Å². The van der Waals surface area contributed by atoms with E-state index in [0.717, 1.165) is 30.5 Å². The highest BCUT2D eigenvalue weighted by atomic mass is 16.5. The number of aromatic amines is 1. The van der Waals surface area contributed by atoms with E-state index < -0.39 is 5.60 Å². The fraction of sp³-hybridized carbons (Fsp3) is 0.524. The number of H-pyrrole nitrogens is 1. The van der Waals surface area contributed by atoms with Gasteiger partial charge in [-0.15, -0.1) is 0 Å². The molecule has 1 aromatic carbocycles. The van der Waals surface area contributed by atoms with Crippen LogP contribution in [0.3, 0.4) is 0 Å². The second kappa shape index (κ2) is 11.0. The molecular weight excluding hydrogens is 418 g/mol. The molecule has 0 spiro atoms. The number of piperidine rings is 1. The Morgan fingerprint density at radius 2 is 1.84 bits per heavy atom. The first kappa shape index (κ1) is 23.6. The molecule has 3 heterocycles. The molecule has 2 aliphatic rings. The number of carbonyl (C=O) groups excluding carboxylic acids is 2. The van der Waals surface area contributed by atoms with Gasteiger partial charge in [-0.3, -0.25) is 24.4 Å². The van der Waals surface area contributed by atoms with Gasteiger partial charge in [0.25, 0.3) is 18.3 Å². The molecule has 174 valence electrons. The number of likely N-dealkylation sites (tertiary alicyclic amines) is 1.